The number of fused-ring (bicyclic) bond motifs is 1. The molecule has 35 heavy (non-hydrogen) atoms. The zero-order valence-electron chi connectivity index (χ0n) is 18.4. The molecule has 1 heterocycles. The van der Waals surface area contributed by atoms with Crippen LogP contribution in [0.4, 0.5) is 5.69 Å². The van der Waals surface area contributed by atoms with Gasteiger partial charge in [-0.3, -0.25) is 24.1 Å². The van der Waals surface area contributed by atoms with Crippen molar-refractivity contribution in [2.45, 2.75) is 32.6 Å². The molecular weight excluding hydrogens is 562 g/mol. The maximum Gasteiger partial charge on any atom is 0.306 e. The minimum Gasteiger partial charge on any atom is -0.456 e. The van der Waals surface area contributed by atoms with Gasteiger partial charge in [0.25, 0.3) is 17.7 Å². The molecule has 0 saturated carbocycles. The van der Waals surface area contributed by atoms with E-state index in [4.69, 9.17) is 62.7 Å². The molecule has 0 atom stereocenters. The topological polar surface area (TPSA) is 92.8 Å². The van der Waals surface area contributed by atoms with Gasteiger partial charge in [-0.15, -0.1) is 0 Å². The van der Waals surface area contributed by atoms with E-state index < -0.39 is 30.3 Å². The van der Waals surface area contributed by atoms with Crippen LogP contribution in [0.1, 0.15) is 52.0 Å². The van der Waals surface area contributed by atoms with Crippen LogP contribution in [0.3, 0.4) is 0 Å². The molecular formula is C23H19Cl5N2O5. The summed E-state index contributed by atoms with van der Waals surface area (Å²) in [5.41, 5.74) is 1.12. The summed E-state index contributed by atoms with van der Waals surface area (Å²) in [6.07, 6.45) is 1.48. The molecule has 0 aromatic heterocycles. The van der Waals surface area contributed by atoms with Crippen LogP contribution in [0.5, 0.6) is 0 Å². The van der Waals surface area contributed by atoms with E-state index in [-0.39, 0.29) is 44.2 Å². The lowest BCUT2D eigenvalue weighted by molar-refractivity contribution is -0.147. The lowest BCUT2D eigenvalue weighted by atomic mass is 10.1. The fourth-order valence-corrected chi connectivity index (χ4v) is 4.65. The summed E-state index contributed by atoms with van der Waals surface area (Å²) >= 11 is 30.2. The maximum absolute atomic E-state index is 12.7. The number of nitrogens with one attached hydrogen (secondary N) is 1. The monoisotopic (exact) mass is 578 g/mol. The highest BCUT2D eigenvalue weighted by Gasteiger charge is 2.41. The summed E-state index contributed by atoms with van der Waals surface area (Å²) in [5, 5.41) is 2.74. The first kappa shape index (κ1) is 27.6. The Kier molecular flexibility index (Phi) is 9.29. The summed E-state index contributed by atoms with van der Waals surface area (Å²) in [5.74, 6) is -2.22. The number of benzene rings is 2. The number of imide groups is 1. The van der Waals surface area contributed by atoms with E-state index in [1.165, 1.54) is 0 Å². The summed E-state index contributed by atoms with van der Waals surface area (Å²) in [7, 11) is 0. The molecule has 0 spiro atoms. The number of carbonyl (C=O) groups is 4. The lowest BCUT2D eigenvalue weighted by Gasteiger charge is -2.13. The molecule has 2 aromatic carbocycles. The number of hydrogen-bond donors (Lipinski definition) is 1. The van der Waals surface area contributed by atoms with Crippen LogP contribution in [-0.2, 0) is 14.3 Å². The number of nitrogens with zero attached hydrogens (tertiary/aromatic N) is 1. The van der Waals surface area contributed by atoms with Crippen molar-refractivity contribution in [3.63, 3.8) is 0 Å². The molecule has 186 valence electrons. The molecule has 1 aliphatic heterocycles. The minimum absolute atomic E-state index is 0.0640. The fourth-order valence-electron chi connectivity index (χ4n) is 3.46. The van der Waals surface area contributed by atoms with Crippen molar-refractivity contribution in [2.75, 3.05) is 18.5 Å². The Morgan fingerprint density at radius 1 is 0.886 bits per heavy atom. The zero-order valence-corrected chi connectivity index (χ0v) is 22.1. The molecule has 7 nitrogen and oxygen atoms in total. The van der Waals surface area contributed by atoms with E-state index in [1.54, 1.807) is 25.1 Å². The average Bonchev–Trinajstić information content (AvgIpc) is 3.07. The molecule has 3 rings (SSSR count). The van der Waals surface area contributed by atoms with E-state index in [2.05, 4.69) is 5.32 Å². The van der Waals surface area contributed by atoms with Gasteiger partial charge in [-0.25, -0.2) is 0 Å². The van der Waals surface area contributed by atoms with Gasteiger partial charge in [-0.05, 0) is 37.5 Å². The number of carbonyl (C=O) groups excluding carboxylic acids is 4. The molecule has 0 bridgehead atoms. The third-order valence-electron chi connectivity index (χ3n) is 5.35. The van der Waals surface area contributed by atoms with Crippen molar-refractivity contribution in [3.8, 4) is 0 Å². The number of rotatable bonds is 9. The number of esters is 1. The third-order valence-corrected chi connectivity index (χ3v) is 7.57. The van der Waals surface area contributed by atoms with Gasteiger partial charge >= 0.3 is 5.97 Å². The number of amides is 3. The van der Waals surface area contributed by atoms with Crippen molar-refractivity contribution in [1.82, 2.24) is 4.90 Å². The SMILES string of the molecule is Cc1c(Cl)cccc1NC(=O)COC(=O)CCCCCN1C(=O)c2c(Cl)c(Cl)c(Cl)c(Cl)c2C1=O. The second kappa shape index (κ2) is 11.8. The molecule has 0 unspecified atom stereocenters. The van der Waals surface area contributed by atoms with Gasteiger partial charge in [-0.2, -0.15) is 0 Å². The van der Waals surface area contributed by atoms with Crippen molar-refractivity contribution in [2.24, 2.45) is 0 Å². The van der Waals surface area contributed by atoms with E-state index >= 15 is 0 Å². The maximum atomic E-state index is 12.7. The highest BCUT2D eigenvalue weighted by Crippen LogP contribution is 2.44. The highest BCUT2D eigenvalue weighted by atomic mass is 35.5. The van der Waals surface area contributed by atoms with Crippen molar-refractivity contribution < 1.29 is 23.9 Å². The standard InChI is InChI=1S/C23H19Cl5N2O5/c1-11-12(24)6-5-7-13(11)29-14(31)10-35-15(32)8-3-2-4-9-30-22(33)16-17(23(30)34)19(26)21(28)20(27)18(16)25/h5-7H,2-4,8-10H2,1H3,(H,29,31). The quantitative estimate of drug-likeness (QED) is 0.119. The van der Waals surface area contributed by atoms with Gasteiger partial charge in [0.05, 0.1) is 31.2 Å². The molecule has 1 N–H and O–H groups in total. The van der Waals surface area contributed by atoms with Crippen LogP contribution in [0.25, 0.3) is 0 Å². The van der Waals surface area contributed by atoms with Crippen molar-refractivity contribution in [3.05, 3.63) is 60.0 Å². The van der Waals surface area contributed by atoms with E-state index in [0.29, 0.717) is 35.5 Å². The molecule has 2 aromatic rings. The zero-order chi connectivity index (χ0) is 25.9. The largest absolute Gasteiger partial charge is 0.456 e. The van der Waals surface area contributed by atoms with E-state index in [1.807, 2.05) is 0 Å². The number of hydrogen-bond acceptors (Lipinski definition) is 5. The second-order valence-corrected chi connectivity index (χ2v) is 9.62. The Bertz CT molecular complexity index is 1170. The normalized spacial score (nSPS) is 12.7. The second-order valence-electron chi connectivity index (χ2n) is 7.70. The molecule has 0 aliphatic carbocycles. The minimum atomic E-state index is -0.601. The van der Waals surface area contributed by atoms with Gasteiger partial charge in [-0.1, -0.05) is 70.5 Å². The van der Waals surface area contributed by atoms with Crippen LogP contribution >= 0.6 is 58.0 Å². The summed E-state index contributed by atoms with van der Waals surface area (Å²) in [6, 6.07) is 5.10. The molecule has 0 radical (unpaired) electrons. The Morgan fingerprint density at radius 3 is 2.09 bits per heavy atom. The Labute approximate surface area is 226 Å². The van der Waals surface area contributed by atoms with Crippen LogP contribution in [0, 0.1) is 6.92 Å². The molecule has 0 fully saturated rings. The molecule has 1 aliphatic rings. The first-order valence-electron chi connectivity index (χ1n) is 10.5. The summed E-state index contributed by atoms with van der Waals surface area (Å²) in [6.45, 7) is 1.44. The number of ether oxygens (including phenoxy) is 1. The van der Waals surface area contributed by atoms with Crippen molar-refractivity contribution in [1.29, 1.82) is 0 Å². The molecule has 3 amide bonds. The Morgan fingerprint density at radius 2 is 1.49 bits per heavy atom. The Balaban J connectivity index is 1.41. The van der Waals surface area contributed by atoms with Gasteiger partial charge in [0.1, 0.15) is 0 Å². The van der Waals surface area contributed by atoms with E-state index in [0.717, 1.165) is 4.90 Å². The fraction of sp³-hybridized carbons (Fsp3) is 0.304. The van der Waals surface area contributed by atoms with Gasteiger partial charge in [0, 0.05) is 23.7 Å². The predicted molar refractivity (Wildman–Crippen MR) is 136 cm³/mol. The number of anilines is 1. The van der Waals surface area contributed by atoms with Crippen LogP contribution in [0.2, 0.25) is 25.1 Å². The summed E-state index contributed by atoms with van der Waals surface area (Å²) < 4.78 is 4.99. The van der Waals surface area contributed by atoms with E-state index in [9.17, 15) is 19.2 Å². The average molecular weight is 581 g/mol. The van der Waals surface area contributed by atoms with Crippen LogP contribution < -0.4 is 5.32 Å². The third kappa shape index (κ3) is 6.04. The first-order valence-corrected chi connectivity index (χ1v) is 12.4. The van der Waals surface area contributed by atoms with Crippen LogP contribution in [-0.4, -0.2) is 41.7 Å². The van der Waals surface area contributed by atoms with Gasteiger partial charge in [0.15, 0.2) is 6.61 Å². The molecule has 0 saturated heterocycles. The summed E-state index contributed by atoms with van der Waals surface area (Å²) in [4.78, 5) is 50.3. The number of halogens is 5. The first-order chi connectivity index (χ1) is 16.5. The van der Waals surface area contributed by atoms with Crippen molar-refractivity contribution >= 4 is 87.4 Å². The van der Waals surface area contributed by atoms with Gasteiger partial charge < -0.3 is 10.1 Å². The van der Waals surface area contributed by atoms with Crippen LogP contribution in [0.15, 0.2) is 18.2 Å². The smallest absolute Gasteiger partial charge is 0.306 e. The highest BCUT2D eigenvalue weighted by molar-refractivity contribution is 6.55. The number of unbranched alkanes of at least 4 members (excludes halogenated alkanes) is 2. The lowest BCUT2D eigenvalue weighted by Crippen LogP contribution is -2.30. The van der Waals surface area contributed by atoms with Gasteiger partial charge in [0.2, 0.25) is 0 Å². The molecule has 12 heteroatoms. The Hall–Kier alpha value is -2.03. The predicted octanol–water partition coefficient (Wildman–Crippen LogP) is 6.60.